The highest BCUT2D eigenvalue weighted by Gasteiger charge is 2.11. The Bertz CT molecular complexity index is 673. The maximum atomic E-state index is 5.87. The Hall–Kier alpha value is -2.14. The van der Waals surface area contributed by atoms with Crippen LogP contribution >= 0.6 is 11.3 Å². The van der Waals surface area contributed by atoms with E-state index < -0.39 is 0 Å². The second-order valence-corrected chi connectivity index (χ2v) is 4.92. The molecule has 1 aromatic carbocycles. The fraction of sp³-hybridized carbons (Fsp3) is 0.0769. The molecular formula is C13H11N3OS. The molecule has 0 amide bonds. The second-order valence-electron chi connectivity index (χ2n) is 3.97. The summed E-state index contributed by atoms with van der Waals surface area (Å²) in [5, 5.41) is 5.95. The molecule has 0 bridgehead atoms. The third-order valence-corrected chi connectivity index (χ3v) is 3.56. The van der Waals surface area contributed by atoms with Crippen LogP contribution in [0.2, 0.25) is 0 Å². The second kappa shape index (κ2) is 4.27. The van der Waals surface area contributed by atoms with Crippen LogP contribution in [0.1, 0.15) is 5.56 Å². The zero-order valence-corrected chi connectivity index (χ0v) is 10.6. The summed E-state index contributed by atoms with van der Waals surface area (Å²) in [6.45, 7) is 1.96. The zero-order valence-electron chi connectivity index (χ0n) is 9.75. The number of aryl methyl sites for hydroxylation is 1. The van der Waals surface area contributed by atoms with Gasteiger partial charge in [0.2, 0.25) is 5.82 Å². The van der Waals surface area contributed by atoms with Crippen molar-refractivity contribution < 1.29 is 4.52 Å². The molecule has 0 unspecified atom stereocenters. The van der Waals surface area contributed by atoms with Crippen molar-refractivity contribution in [3.63, 3.8) is 0 Å². The number of hydrogen-bond acceptors (Lipinski definition) is 5. The summed E-state index contributed by atoms with van der Waals surface area (Å²) in [6, 6.07) is 9.64. The minimum atomic E-state index is 0.491. The van der Waals surface area contributed by atoms with Crippen LogP contribution in [0.3, 0.4) is 0 Å². The Morgan fingerprint density at radius 1 is 1.28 bits per heavy atom. The van der Waals surface area contributed by atoms with Gasteiger partial charge in [0, 0.05) is 11.3 Å². The van der Waals surface area contributed by atoms with Crippen LogP contribution < -0.4 is 5.73 Å². The van der Waals surface area contributed by atoms with Gasteiger partial charge in [-0.05, 0) is 36.1 Å². The first-order valence-electron chi connectivity index (χ1n) is 5.48. The number of aromatic nitrogens is 2. The first-order chi connectivity index (χ1) is 8.74. The lowest BCUT2D eigenvalue weighted by atomic mass is 10.1. The molecule has 0 atom stereocenters. The van der Waals surface area contributed by atoms with Gasteiger partial charge in [0.05, 0.1) is 4.88 Å². The number of nitrogen functional groups attached to an aromatic ring is 1. The number of thiophene rings is 1. The molecule has 0 aliphatic carbocycles. The van der Waals surface area contributed by atoms with E-state index in [9.17, 15) is 0 Å². The van der Waals surface area contributed by atoms with Crippen molar-refractivity contribution in [2.45, 2.75) is 6.92 Å². The molecule has 2 N–H and O–H groups in total. The Balaban J connectivity index is 2.00. The Morgan fingerprint density at radius 2 is 2.17 bits per heavy atom. The maximum absolute atomic E-state index is 5.87. The van der Waals surface area contributed by atoms with Gasteiger partial charge in [0.15, 0.2) is 0 Å². The maximum Gasteiger partial charge on any atom is 0.258 e. The third-order valence-electron chi connectivity index (χ3n) is 2.69. The lowest BCUT2D eigenvalue weighted by Crippen LogP contribution is -1.89. The van der Waals surface area contributed by atoms with Gasteiger partial charge in [0.1, 0.15) is 0 Å². The third kappa shape index (κ3) is 1.89. The summed E-state index contributed by atoms with van der Waals surface area (Å²) in [4.78, 5) is 5.36. The number of nitrogens with two attached hydrogens (primary N) is 1. The lowest BCUT2D eigenvalue weighted by molar-refractivity contribution is 0.432. The van der Waals surface area contributed by atoms with Crippen LogP contribution in [0.5, 0.6) is 0 Å². The molecule has 3 aromatic rings. The number of nitrogens with zero attached hydrogens (tertiary/aromatic N) is 2. The lowest BCUT2D eigenvalue weighted by Gasteiger charge is -2.00. The van der Waals surface area contributed by atoms with E-state index in [0.717, 1.165) is 21.7 Å². The molecule has 0 aliphatic heterocycles. The van der Waals surface area contributed by atoms with Gasteiger partial charge < -0.3 is 10.3 Å². The van der Waals surface area contributed by atoms with E-state index >= 15 is 0 Å². The Kier molecular flexibility index (Phi) is 2.60. The fourth-order valence-corrected chi connectivity index (χ4v) is 2.27. The van der Waals surface area contributed by atoms with Crippen molar-refractivity contribution in [1.82, 2.24) is 10.1 Å². The van der Waals surface area contributed by atoms with Crippen LogP contribution in [0.15, 0.2) is 40.2 Å². The van der Waals surface area contributed by atoms with E-state index in [1.54, 1.807) is 11.3 Å². The van der Waals surface area contributed by atoms with Gasteiger partial charge in [-0.1, -0.05) is 17.3 Å². The van der Waals surface area contributed by atoms with E-state index in [-0.39, 0.29) is 0 Å². The van der Waals surface area contributed by atoms with Crippen LogP contribution in [-0.4, -0.2) is 10.1 Å². The molecule has 0 saturated carbocycles. The van der Waals surface area contributed by atoms with Crippen molar-refractivity contribution in [3.05, 3.63) is 41.3 Å². The van der Waals surface area contributed by atoms with E-state index in [2.05, 4.69) is 10.1 Å². The van der Waals surface area contributed by atoms with Crippen molar-refractivity contribution in [2.24, 2.45) is 0 Å². The predicted octanol–water partition coefficient (Wildman–Crippen LogP) is 3.36. The average Bonchev–Trinajstić information content (AvgIpc) is 3.01. The predicted molar refractivity (Wildman–Crippen MR) is 72.2 cm³/mol. The highest BCUT2D eigenvalue weighted by atomic mass is 32.1. The largest absolute Gasteiger partial charge is 0.398 e. The highest BCUT2D eigenvalue weighted by Crippen LogP contribution is 2.26. The van der Waals surface area contributed by atoms with Crippen LogP contribution in [-0.2, 0) is 0 Å². The summed E-state index contributed by atoms with van der Waals surface area (Å²) in [5.74, 6) is 1.10. The molecule has 0 aliphatic rings. The monoisotopic (exact) mass is 257 g/mol. The topological polar surface area (TPSA) is 64.9 Å². The first kappa shape index (κ1) is 11.0. The van der Waals surface area contributed by atoms with E-state index in [1.807, 2.05) is 42.6 Å². The van der Waals surface area contributed by atoms with Gasteiger partial charge >= 0.3 is 0 Å². The molecule has 90 valence electrons. The molecule has 2 heterocycles. The SMILES string of the molecule is Cc1ccc(-c2nc(-c3cccs3)no2)cc1N. The smallest absolute Gasteiger partial charge is 0.258 e. The molecule has 0 radical (unpaired) electrons. The van der Waals surface area contributed by atoms with Crippen LogP contribution in [0.4, 0.5) is 5.69 Å². The summed E-state index contributed by atoms with van der Waals surface area (Å²) >= 11 is 1.58. The summed E-state index contributed by atoms with van der Waals surface area (Å²) < 4.78 is 5.26. The quantitative estimate of drug-likeness (QED) is 0.715. The number of anilines is 1. The van der Waals surface area contributed by atoms with Crippen molar-refractivity contribution in [1.29, 1.82) is 0 Å². The molecule has 0 fully saturated rings. The molecule has 18 heavy (non-hydrogen) atoms. The minimum Gasteiger partial charge on any atom is -0.398 e. The number of hydrogen-bond donors (Lipinski definition) is 1. The molecule has 3 rings (SSSR count). The van der Waals surface area contributed by atoms with Gasteiger partial charge in [-0.3, -0.25) is 0 Å². The van der Waals surface area contributed by atoms with Crippen molar-refractivity contribution in [2.75, 3.05) is 5.73 Å². The van der Waals surface area contributed by atoms with Gasteiger partial charge in [0.25, 0.3) is 5.89 Å². The van der Waals surface area contributed by atoms with E-state index in [0.29, 0.717) is 11.7 Å². The summed E-state index contributed by atoms with van der Waals surface area (Å²) in [7, 11) is 0. The minimum absolute atomic E-state index is 0.491. The molecule has 0 saturated heterocycles. The Labute approximate surface area is 108 Å². The average molecular weight is 257 g/mol. The van der Waals surface area contributed by atoms with Gasteiger partial charge in [-0.2, -0.15) is 4.98 Å². The van der Waals surface area contributed by atoms with Crippen molar-refractivity contribution in [3.8, 4) is 22.2 Å². The fourth-order valence-electron chi connectivity index (χ4n) is 1.62. The molecule has 0 spiro atoms. The van der Waals surface area contributed by atoms with E-state index in [1.165, 1.54) is 0 Å². The molecule has 5 heteroatoms. The molecule has 2 aromatic heterocycles. The zero-order chi connectivity index (χ0) is 12.5. The van der Waals surface area contributed by atoms with Crippen LogP contribution in [0, 0.1) is 6.92 Å². The van der Waals surface area contributed by atoms with E-state index in [4.69, 9.17) is 10.3 Å². The first-order valence-corrected chi connectivity index (χ1v) is 6.36. The number of rotatable bonds is 2. The summed E-state index contributed by atoms with van der Waals surface area (Å²) in [5.41, 5.74) is 8.48. The molecule has 4 nitrogen and oxygen atoms in total. The standard InChI is InChI=1S/C13H11N3OS/c1-8-4-5-9(7-10(8)14)13-15-12(16-17-13)11-3-2-6-18-11/h2-7H,14H2,1H3. The van der Waals surface area contributed by atoms with Gasteiger partial charge in [-0.25, -0.2) is 0 Å². The normalized spacial score (nSPS) is 10.7. The molecular weight excluding hydrogens is 246 g/mol. The Morgan fingerprint density at radius 3 is 2.89 bits per heavy atom. The highest BCUT2D eigenvalue weighted by molar-refractivity contribution is 7.13. The van der Waals surface area contributed by atoms with Crippen LogP contribution in [0.25, 0.3) is 22.2 Å². The van der Waals surface area contributed by atoms with Gasteiger partial charge in [-0.15, -0.1) is 11.3 Å². The number of benzene rings is 1. The summed E-state index contributed by atoms with van der Waals surface area (Å²) in [6.07, 6.45) is 0. The van der Waals surface area contributed by atoms with Crippen molar-refractivity contribution >= 4 is 17.0 Å².